The fourth-order valence-electron chi connectivity index (χ4n) is 6.24. The molecule has 5 heteroatoms. The molecule has 5 aromatic rings. The van der Waals surface area contributed by atoms with Crippen LogP contribution in [-0.4, -0.2) is 23.4 Å². The highest BCUT2D eigenvalue weighted by atomic mass is 16.5. The second-order valence-electron chi connectivity index (χ2n) is 13.6. The van der Waals surface area contributed by atoms with Gasteiger partial charge >= 0.3 is 0 Å². The van der Waals surface area contributed by atoms with Crippen LogP contribution in [0.4, 0.5) is 0 Å². The lowest BCUT2D eigenvalue weighted by Crippen LogP contribution is -1.97. The number of ether oxygens (including phenoxy) is 2. The average molecular weight is 685 g/mol. The van der Waals surface area contributed by atoms with Gasteiger partial charge in [-0.3, -0.25) is 0 Å². The minimum absolute atomic E-state index is 0.482. The molecule has 0 radical (unpaired) electrons. The predicted molar refractivity (Wildman–Crippen MR) is 211 cm³/mol. The lowest BCUT2D eigenvalue weighted by molar-refractivity contribution is 0.304. The van der Waals surface area contributed by atoms with Gasteiger partial charge in [0.15, 0.2) is 0 Å². The summed E-state index contributed by atoms with van der Waals surface area (Å²) in [6, 6.07) is 28.5. The molecule has 0 saturated heterocycles. The molecule has 0 N–H and O–H groups in total. The Morgan fingerprint density at radius 2 is 0.980 bits per heavy atom. The number of nitrogens with zero attached hydrogens (tertiary/aromatic N) is 2. The predicted octanol–water partition coefficient (Wildman–Crippen LogP) is 13.0. The van der Waals surface area contributed by atoms with Gasteiger partial charge in [0, 0.05) is 22.3 Å². The molecule has 0 bridgehead atoms. The van der Waals surface area contributed by atoms with Crippen LogP contribution in [0.15, 0.2) is 89.5 Å². The summed E-state index contributed by atoms with van der Waals surface area (Å²) in [6.45, 7) is 6.05. The fraction of sp³-hybridized carbons (Fsp3) is 0.435. The van der Waals surface area contributed by atoms with Gasteiger partial charge in [-0.15, -0.1) is 0 Å². The Hall–Kier alpha value is -4.56. The second-order valence-corrected chi connectivity index (χ2v) is 13.6. The maximum atomic E-state index is 6.05. The van der Waals surface area contributed by atoms with Crippen LogP contribution in [0.25, 0.3) is 33.6 Å². The topological polar surface area (TPSA) is 57.4 Å². The van der Waals surface area contributed by atoms with Crippen LogP contribution >= 0.6 is 0 Å². The average Bonchev–Trinajstić information content (AvgIpc) is 3.67. The summed E-state index contributed by atoms with van der Waals surface area (Å²) in [5, 5.41) is 6.54. The smallest absolute Gasteiger partial charge is 0.258 e. The minimum atomic E-state index is 0.482. The summed E-state index contributed by atoms with van der Waals surface area (Å²) in [6.07, 6.45) is 20.8. The second kappa shape index (κ2) is 21.6. The van der Waals surface area contributed by atoms with E-state index in [1.165, 1.54) is 89.9 Å². The Morgan fingerprint density at radius 1 is 0.490 bits per heavy atom. The molecule has 0 saturated carbocycles. The van der Waals surface area contributed by atoms with E-state index in [9.17, 15) is 0 Å². The van der Waals surface area contributed by atoms with E-state index >= 15 is 0 Å². The molecule has 51 heavy (non-hydrogen) atoms. The van der Waals surface area contributed by atoms with Crippen molar-refractivity contribution in [2.75, 3.05) is 13.2 Å². The molecule has 1 heterocycles. The molecule has 5 rings (SSSR count). The zero-order valence-corrected chi connectivity index (χ0v) is 30.9. The third-order valence-electron chi connectivity index (χ3n) is 9.37. The molecule has 0 fully saturated rings. The maximum absolute atomic E-state index is 6.05. The van der Waals surface area contributed by atoms with Crippen molar-refractivity contribution >= 4 is 10.8 Å². The van der Waals surface area contributed by atoms with Crippen LogP contribution in [0.1, 0.15) is 128 Å². The molecular weight excluding hydrogens is 629 g/mol. The van der Waals surface area contributed by atoms with E-state index in [2.05, 4.69) is 72.2 Å². The Bertz CT molecular complexity index is 1780. The highest BCUT2D eigenvalue weighted by Crippen LogP contribution is 2.25. The number of benzene rings is 4. The lowest BCUT2D eigenvalue weighted by Gasteiger charge is -2.08. The van der Waals surface area contributed by atoms with Gasteiger partial charge < -0.3 is 14.0 Å². The van der Waals surface area contributed by atoms with E-state index in [-0.39, 0.29) is 0 Å². The third kappa shape index (κ3) is 12.9. The van der Waals surface area contributed by atoms with Crippen LogP contribution in [0.5, 0.6) is 11.5 Å². The van der Waals surface area contributed by atoms with Gasteiger partial charge in [0.1, 0.15) is 11.5 Å². The van der Waals surface area contributed by atoms with Crippen molar-refractivity contribution in [3.8, 4) is 46.2 Å². The van der Waals surface area contributed by atoms with E-state index < -0.39 is 0 Å². The van der Waals surface area contributed by atoms with Crippen LogP contribution in [-0.2, 0) is 0 Å². The number of unbranched alkanes of at least 4 members (excludes halogenated alkanes) is 14. The van der Waals surface area contributed by atoms with E-state index in [0.29, 0.717) is 11.7 Å². The van der Waals surface area contributed by atoms with Gasteiger partial charge in [0.05, 0.1) is 13.2 Å². The standard InChI is InChI=1S/C46H56N2O3/c1-3-5-7-9-11-13-15-17-33-49-43-30-27-39(28-31-43)45-47-46(51-48-45)40-24-21-37(22-25-40)19-20-38-23-26-42-36-44(32-29-41(42)35-38)50-34-18-16-14-12-10-8-6-4-2/h21-32,35-36H,3-18,33-34H2,1-2H3. The highest BCUT2D eigenvalue weighted by Gasteiger charge is 2.11. The van der Waals surface area contributed by atoms with E-state index in [4.69, 9.17) is 14.0 Å². The van der Waals surface area contributed by atoms with Gasteiger partial charge in [-0.25, -0.2) is 0 Å². The molecule has 0 spiro atoms. The number of fused-ring (bicyclic) bond motifs is 1. The molecule has 0 atom stereocenters. The fourth-order valence-corrected chi connectivity index (χ4v) is 6.24. The Morgan fingerprint density at radius 3 is 1.63 bits per heavy atom. The normalized spacial score (nSPS) is 11.0. The van der Waals surface area contributed by atoms with Crippen LogP contribution in [0.3, 0.4) is 0 Å². The van der Waals surface area contributed by atoms with Crippen molar-refractivity contribution in [2.45, 2.75) is 117 Å². The molecule has 0 aliphatic rings. The zero-order valence-electron chi connectivity index (χ0n) is 30.9. The summed E-state index contributed by atoms with van der Waals surface area (Å²) in [4.78, 5) is 4.64. The van der Waals surface area contributed by atoms with Crippen molar-refractivity contribution in [3.63, 3.8) is 0 Å². The first-order valence-corrected chi connectivity index (χ1v) is 19.6. The zero-order chi connectivity index (χ0) is 35.4. The van der Waals surface area contributed by atoms with Crippen molar-refractivity contribution in [1.29, 1.82) is 0 Å². The van der Waals surface area contributed by atoms with Gasteiger partial charge in [0.2, 0.25) is 5.82 Å². The Labute approximate surface area is 306 Å². The largest absolute Gasteiger partial charge is 0.494 e. The van der Waals surface area contributed by atoms with Crippen LogP contribution in [0, 0.1) is 11.8 Å². The molecule has 0 amide bonds. The van der Waals surface area contributed by atoms with Gasteiger partial charge in [-0.2, -0.15) is 4.98 Å². The summed E-state index contributed by atoms with van der Waals surface area (Å²) >= 11 is 0. The van der Waals surface area contributed by atoms with Crippen molar-refractivity contribution in [1.82, 2.24) is 10.1 Å². The van der Waals surface area contributed by atoms with Crippen LogP contribution < -0.4 is 9.47 Å². The summed E-state index contributed by atoms with van der Waals surface area (Å²) in [5.74, 6) is 9.45. The molecular formula is C46H56N2O3. The SMILES string of the molecule is CCCCCCCCCCOc1ccc(-c2noc(-c3ccc(C#Cc4ccc5cc(OCCCCCCCCCC)ccc5c4)cc3)n2)cc1. The van der Waals surface area contributed by atoms with Crippen molar-refractivity contribution in [2.24, 2.45) is 0 Å². The van der Waals surface area contributed by atoms with Gasteiger partial charge in [-0.1, -0.05) is 133 Å². The van der Waals surface area contributed by atoms with Crippen LogP contribution in [0.2, 0.25) is 0 Å². The summed E-state index contributed by atoms with van der Waals surface area (Å²) < 4.78 is 17.6. The summed E-state index contributed by atoms with van der Waals surface area (Å²) in [5.41, 5.74) is 3.65. The molecule has 5 nitrogen and oxygen atoms in total. The Balaban J connectivity index is 1.05. The monoisotopic (exact) mass is 684 g/mol. The molecule has 0 unspecified atom stereocenters. The Kier molecular flexibility index (Phi) is 16.0. The van der Waals surface area contributed by atoms with Crippen molar-refractivity contribution in [3.05, 3.63) is 96.1 Å². The van der Waals surface area contributed by atoms with Gasteiger partial charge in [-0.05, 0) is 96.4 Å². The molecule has 0 aliphatic heterocycles. The first kappa shape index (κ1) is 37.7. The molecule has 268 valence electrons. The number of hydrogen-bond donors (Lipinski definition) is 0. The molecule has 1 aromatic heterocycles. The molecule has 0 aliphatic carbocycles. The highest BCUT2D eigenvalue weighted by molar-refractivity contribution is 5.85. The third-order valence-corrected chi connectivity index (χ3v) is 9.37. The number of rotatable bonds is 22. The van der Waals surface area contributed by atoms with E-state index in [1.54, 1.807) is 0 Å². The number of hydrogen-bond acceptors (Lipinski definition) is 5. The first-order chi connectivity index (χ1) is 25.2. The minimum Gasteiger partial charge on any atom is -0.494 e. The summed E-state index contributed by atoms with van der Waals surface area (Å²) in [7, 11) is 0. The maximum Gasteiger partial charge on any atom is 0.258 e. The van der Waals surface area contributed by atoms with E-state index in [0.717, 1.165) is 70.6 Å². The van der Waals surface area contributed by atoms with Gasteiger partial charge in [0.25, 0.3) is 5.89 Å². The van der Waals surface area contributed by atoms with Crippen molar-refractivity contribution < 1.29 is 14.0 Å². The lowest BCUT2D eigenvalue weighted by atomic mass is 10.1. The van der Waals surface area contributed by atoms with E-state index in [1.807, 2.05) is 48.5 Å². The quantitative estimate of drug-likeness (QED) is 0.0536. The number of aromatic nitrogens is 2. The molecule has 4 aromatic carbocycles. The first-order valence-electron chi connectivity index (χ1n) is 19.6.